The molecule has 2 saturated heterocycles. The maximum atomic E-state index is 13.2. The number of methoxy groups -OCH3 is 1. The molecule has 2 aliphatic rings. The van der Waals surface area contributed by atoms with Gasteiger partial charge in [0.05, 0.1) is 31.9 Å². The van der Waals surface area contributed by atoms with Crippen molar-refractivity contribution in [3.63, 3.8) is 0 Å². The van der Waals surface area contributed by atoms with Gasteiger partial charge in [-0.1, -0.05) is 24.8 Å². The normalized spacial score (nSPS) is 20.1. The third-order valence-electron chi connectivity index (χ3n) is 6.23. The third kappa shape index (κ3) is 5.39. The molecule has 2 heterocycles. The van der Waals surface area contributed by atoms with Crippen LogP contribution in [-0.2, 0) is 14.3 Å². The first-order valence-corrected chi connectivity index (χ1v) is 11.6. The van der Waals surface area contributed by atoms with E-state index in [4.69, 9.17) is 14.2 Å². The predicted molar refractivity (Wildman–Crippen MR) is 131 cm³/mol. The van der Waals surface area contributed by atoms with Gasteiger partial charge in [0.15, 0.2) is 0 Å². The van der Waals surface area contributed by atoms with E-state index in [1.165, 1.54) is 0 Å². The molecule has 35 heavy (non-hydrogen) atoms. The van der Waals surface area contributed by atoms with E-state index >= 15 is 0 Å². The van der Waals surface area contributed by atoms with Crippen molar-refractivity contribution in [1.29, 1.82) is 0 Å². The Kier molecular flexibility index (Phi) is 7.84. The zero-order valence-corrected chi connectivity index (χ0v) is 19.8. The van der Waals surface area contributed by atoms with Crippen molar-refractivity contribution in [1.82, 2.24) is 9.80 Å². The van der Waals surface area contributed by atoms with Crippen LogP contribution in [0.4, 0.5) is 0 Å². The fourth-order valence-corrected chi connectivity index (χ4v) is 4.34. The van der Waals surface area contributed by atoms with Crippen LogP contribution in [0.2, 0.25) is 0 Å². The number of amides is 1. The van der Waals surface area contributed by atoms with Gasteiger partial charge >= 0.3 is 0 Å². The maximum absolute atomic E-state index is 13.2. The zero-order chi connectivity index (χ0) is 24.8. The first kappa shape index (κ1) is 24.5. The van der Waals surface area contributed by atoms with E-state index in [0.717, 1.165) is 18.7 Å². The molecule has 0 unspecified atom stereocenters. The van der Waals surface area contributed by atoms with Crippen LogP contribution >= 0.6 is 0 Å². The Balaban J connectivity index is 1.69. The number of aliphatic hydroxyl groups excluding tert-OH is 1. The second-order valence-corrected chi connectivity index (χ2v) is 8.34. The molecule has 4 rings (SSSR count). The van der Waals surface area contributed by atoms with Crippen molar-refractivity contribution in [3.05, 3.63) is 77.9 Å². The number of rotatable bonds is 9. The van der Waals surface area contributed by atoms with Crippen molar-refractivity contribution >= 4 is 17.4 Å². The van der Waals surface area contributed by atoms with E-state index in [-0.39, 0.29) is 11.3 Å². The lowest BCUT2D eigenvalue weighted by Crippen LogP contribution is -2.42. The number of ether oxygens (including phenoxy) is 3. The highest BCUT2D eigenvalue weighted by atomic mass is 16.5. The molecule has 0 aliphatic carbocycles. The first-order chi connectivity index (χ1) is 17.0. The number of carbonyl (C=O) groups excluding carboxylic acids is 2. The van der Waals surface area contributed by atoms with Gasteiger partial charge in [-0.2, -0.15) is 0 Å². The van der Waals surface area contributed by atoms with Crippen LogP contribution in [0.3, 0.4) is 0 Å². The highest BCUT2D eigenvalue weighted by molar-refractivity contribution is 6.46. The van der Waals surface area contributed by atoms with E-state index < -0.39 is 17.7 Å². The van der Waals surface area contributed by atoms with E-state index in [1.807, 2.05) is 12.1 Å². The minimum absolute atomic E-state index is 0.0712. The van der Waals surface area contributed by atoms with Gasteiger partial charge in [0, 0.05) is 31.7 Å². The molecule has 2 aromatic carbocycles. The van der Waals surface area contributed by atoms with Crippen molar-refractivity contribution < 1.29 is 28.9 Å². The summed E-state index contributed by atoms with van der Waals surface area (Å²) < 4.78 is 16.2. The molecule has 8 heteroatoms. The van der Waals surface area contributed by atoms with Crippen LogP contribution in [0.5, 0.6) is 11.5 Å². The standard InChI is InChI=1S/C27H30N2O6/c1-3-16-35-22-10-6-20(7-11-22)25(30)23-24(19-4-8-21(33-2)9-5-19)29(27(32)26(23)31)13-12-28-14-17-34-18-15-28/h3-11,24,30H,1,12-18H2,2H3/b25-23+/t24-/m0/s1. The summed E-state index contributed by atoms with van der Waals surface area (Å²) in [4.78, 5) is 30.1. The van der Waals surface area contributed by atoms with E-state index in [0.29, 0.717) is 50.0 Å². The minimum atomic E-state index is -0.710. The number of benzene rings is 2. The van der Waals surface area contributed by atoms with Gasteiger partial charge in [-0.3, -0.25) is 14.5 Å². The number of aliphatic hydroxyl groups is 1. The lowest BCUT2D eigenvalue weighted by molar-refractivity contribution is -0.140. The van der Waals surface area contributed by atoms with E-state index in [2.05, 4.69) is 11.5 Å². The van der Waals surface area contributed by atoms with Gasteiger partial charge in [-0.25, -0.2) is 0 Å². The summed E-state index contributed by atoms with van der Waals surface area (Å²) in [5.74, 6) is -0.259. The highest BCUT2D eigenvalue weighted by Crippen LogP contribution is 2.39. The van der Waals surface area contributed by atoms with Crippen LogP contribution in [0.1, 0.15) is 17.2 Å². The summed E-state index contributed by atoms with van der Waals surface area (Å²) >= 11 is 0. The van der Waals surface area contributed by atoms with Crippen molar-refractivity contribution in [3.8, 4) is 11.5 Å². The Labute approximate surface area is 205 Å². The fraction of sp³-hybridized carbons (Fsp3) is 0.333. The molecule has 2 aliphatic heterocycles. The molecule has 0 spiro atoms. The molecule has 0 aromatic heterocycles. The average molecular weight is 479 g/mol. The molecule has 1 amide bonds. The van der Waals surface area contributed by atoms with Crippen LogP contribution < -0.4 is 9.47 Å². The van der Waals surface area contributed by atoms with Crippen LogP contribution in [-0.4, -0.2) is 79.7 Å². The Bertz CT molecular complexity index is 1090. The summed E-state index contributed by atoms with van der Waals surface area (Å²) in [6.45, 7) is 7.79. The maximum Gasteiger partial charge on any atom is 0.295 e. The summed E-state index contributed by atoms with van der Waals surface area (Å²) in [5.41, 5.74) is 1.22. The SMILES string of the molecule is C=CCOc1ccc(/C(O)=C2\C(=O)C(=O)N(CCN3CCOCC3)[C@H]2c2ccc(OC)cc2)cc1. The monoisotopic (exact) mass is 478 g/mol. The molecule has 1 atom stereocenters. The van der Waals surface area contributed by atoms with Crippen molar-refractivity contribution in [2.45, 2.75) is 6.04 Å². The van der Waals surface area contributed by atoms with Gasteiger partial charge in [-0.05, 0) is 42.0 Å². The van der Waals surface area contributed by atoms with Crippen LogP contribution in [0, 0.1) is 0 Å². The summed E-state index contributed by atoms with van der Waals surface area (Å²) in [7, 11) is 1.58. The largest absolute Gasteiger partial charge is 0.507 e. The number of nitrogens with zero attached hydrogens (tertiary/aromatic N) is 2. The van der Waals surface area contributed by atoms with Crippen LogP contribution in [0.25, 0.3) is 5.76 Å². The van der Waals surface area contributed by atoms with Crippen molar-refractivity contribution in [2.24, 2.45) is 0 Å². The minimum Gasteiger partial charge on any atom is -0.507 e. The third-order valence-corrected chi connectivity index (χ3v) is 6.23. The number of hydrogen-bond donors (Lipinski definition) is 1. The molecule has 0 radical (unpaired) electrons. The molecule has 0 saturated carbocycles. The van der Waals surface area contributed by atoms with E-state index in [9.17, 15) is 14.7 Å². The predicted octanol–water partition coefficient (Wildman–Crippen LogP) is 3.01. The van der Waals surface area contributed by atoms with Gasteiger partial charge in [0.1, 0.15) is 23.9 Å². The Morgan fingerprint density at radius 3 is 2.34 bits per heavy atom. The molecule has 8 nitrogen and oxygen atoms in total. The quantitative estimate of drug-likeness (QED) is 0.257. The molecule has 2 fully saturated rings. The molecule has 2 aromatic rings. The fourth-order valence-electron chi connectivity index (χ4n) is 4.34. The summed E-state index contributed by atoms with van der Waals surface area (Å²) in [6, 6.07) is 13.2. The Morgan fingerprint density at radius 2 is 1.71 bits per heavy atom. The second kappa shape index (κ2) is 11.2. The number of likely N-dealkylation sites (tertiary alicyclic amines) is 1. The van der Waals surface area contributed by atoms with Gasteiger partial charge < -0.3 is 24.2 Å². The smallest absolute Gasteiger partial charge is 0.295 e. The molecule has 1 N–H and O–H groups in total. The number of ketones is 1. The average Bonchev–Trinajstić information content (AvgIpc) is 3.16. The molecular formula is C27H30N2O6. The van der Waals surface area contributed by atoms with E-state index in [1.54, 1.807) is 54.5 Å². The highest BCUT2D eigenvalue weighted by Gasteiger charge is 2.46. The summed E-state index contributed by atoms with van der Waals surface area (Å²) in [5, 5.41) is 11.2. The van der Waals surface area contributed by atoms with Gasteiger partial charge in [-0.15, -0.1) is 0 Å². The summed E-state index contributed by atoms with van der Waals surface area (Å²) in [6.07, 6.45) is 1.64. The lowest BCUT2D eigenvalue weighted by Gasteiger charge is -2.31. The van der Waals surface area contributed by atoms with Gasteiger partial charge in [0.2, 0.25) is 0 Å². The topological polar surface area (TPSA) is 88.5 Å². The van der Waals surface area contributed by atoms with Gasteiger partial charge in [0.25, 0.3) is 11.7 Å². The molecular weight excluding hydrogens is 448 g/mol. The number of carbonyl (C=O) groups is 2. The number of hydrogen-bond acceptors (Lipinski definition) is 7. The Morgan fingerprint density at radius 1 is 1.06 bits per heavy atom. The first-order valence-electron chi connectivity index (χ1n) is 11.6. The molecule has 184 valence electrons. The Hall–Kier alpha value is -3.62. The molecule has 0 bridgehead atoms. The zero-order valence-electron chi connectivity index (χ0n) is 19.8. The lowest BCUT2D eigenvalue weighted by atomic mass is 9.95. The second-order valence-electron chi connectivity index (χ2n) is 8.34. The number of Topliss-reactive ketones (excluding diaryl/α,β-unsaturated/α-hetero) is 1. The van der Waals surface area contributed by atoms with Crippen molar-refractivity contribution in [2.75, 3.05) is 53.1 Å². The number of morpholine rings is 1. The van der Waals surface area contributed by atoms with Crippen LogP contribution in [0.15, 0.2) is 66.8 Å².